The van der Waals surface area contributed by atoms with Gasteiger partial charge in [0.25, 0.3) is 0 Å². The summed E-state index contributed by atoms with van der Waals surface area (Å²) in [5.74, 6) is 0.832. The van der Waals surface area contributed by atoms with Crippen molar-refractivity contribution in [3.05, 3.63) is 0 Å². The largest absolute Gasteiger partial charge is 0.324 e. The monoisotopic (exact) mass is 210 g/mol. The van der Waals surface area contributed by atoms with Crippen molar-refractivity contribution in [2.24, 2.45) is 11.7 Å². The van der Waals surface area contributed by atoms with Crippen molar-refractivity contribution in [2.75, 3.05) is 13.6 Å². The molecule has 0 radical (unpaired) electrons. The SMILES string of the molecule is CC1CCCC(N)(CN(C)C2CCC2)C1. The summed E-state index contributed by atoms with van der Waals surface area (Å²) in [6, 6.07) is 0.836. The van der Waals surface area contributed by atoms with Crippen LogP contribution < -0.4 is 5.73 Å². The third-order valence-electron chi connectivity index (χ3n) is 4.39. The molecule has 2 rings (SSSR count). The highest BCUT2D eigenvalue weighted by molar-refractivity contribution is 4.93. The molecule has 2 aliphatic rings. The molecule has 2 unspecified atom stereocenters. The quantitative estimate of drug-likeness (QED) is 0.775. The Kier molecular flexibility index (Phi) is 3.36. The molecule has 0 aromatic heterocycles. The average Bonchev–Trinajstić information content (AvgIpc) is 1.97. The van der Waals surface area contributed by atoms with E-state index in [2.05, 4.69) is 18.9 Å². The molecule has 0 spiro atoms. The Morgan fingerprint density at radius 2 is 2.00 bits per heavy atom. The molecule has 15 heavy (non-hydrogen) atoms. The molecule has 0 heterocycles. The van der Waals surface area contributed by atoms with Crippen molar-refractivity contribution in [2.45, 2.75) is 63.5 Å². The topological polar surface area (TPSA) is 29.3 Å². The van der Waals surface area contributed by atoms with Crippen LogP contribution in [0, 0.1) is 5.92 Å². The minimum Gasteiger partial charge on any atom is -0.324 e. The summed E-state index contributed by atoms with van der Waals surface area (Å²) < 4.78 is 0. The van der Waals surface area contributed by atoms with Crippen LogP contribution in [0.3, 0.4) is 0 Å². The Morgan fingerprint density at radius 1 is 1.27 bits per heavy atom. The third kappa shape index (κ3) is 2.73. The fourth-order valence-corrected chi connectivity index (χ4v) is 3.30. The Morgan fingerprint density at radius 3 is 2.53 bits per heavy atom. The molecule has 2 fully saturated rings. The molecule has 0 saturated heterocycles. The normalized spacial score (nSPS) is 38.0. The smallest absolute Gasteiger partial charge is 0.0285 e. The molecule has 2 N–H and O–H groups in total. The highest BCUT2D eigenvalue weighted by Gasteiger charge is 2.34. The second-order valence-electron chi connectivity index (χ2n) is 6.06. The predicted octanol–water partition coefficient (Wildman–Crippen LogP) is 2.38. The standard InChI is InChI=1S/C13H26N2/c1-11-5-4-8-13(14,9-11)10-15(2)12-6-3-7-12/h11-12H,3-10,14H2,1-2H3. The maximum absolute atomic E-state index is 6.53. The first-order valence-electron chi connectivity index (χ1n) is 6.58. The zero-order valence-corrected chi connectivity index (χ0v) is 10.3. The van der Waals surface area contributed by atoms with Gasteiger partial charge < -0.3 is 10.6 Å². The van der Waals surface area contributed by atoms with Crippen LogP contribution in [0.2, 0.25) is 0 Å². The Bertz CT molecular complexity index is 213. The highest BCUT2D eigenvalue weighted by atomic mass is 15.2. The van der Waals surface area contributed by atoms with E-state index in [9.17, 15) is 0 Å². The lowest BCUT2D eigenvalue weighted by Gasteiger charge is -2.43. The average molecular weight is 210 g/mol. The summed E-state index contributed by atoms with van der Waals surface area (Å²) in [4.78, 5) is 2.52. The summed E-state index contributed by atoms with van der Waals surface area (Å²) in [5, 5.41) is 0. The summed E-state index contributed by atoms with van der Waals surface area (Å²) in [6.07, 6.45) is 9.37. The van der Waals surface area contributed by atoms with Crippen LogP contribution in [-0.2, 0) is 0 Å². The van der Waals surface area contributed by atoms with Crippen molar-refractivity contribution >= 4 is 0 Å². The van der Waals surface area contributed by atoms with E-state index >= 15 is 0 Å². The molecular formula is C13H26N2. The van der Waals surface area contributed by atoms with Gasteiger partial charge in [-0.05, 0) is 38.6 Å². The zero-order chi connectivity index (χ0) is 10.9. The number of nitrogens with zero attached hydrogens (tertiary/aromatic N) is 1. The lowest BCUT2D eigenvalue weighted by molar-refractivity contribution is 0.101. The number of hydrogen-bond acceptors (Lipinski definition) is 2. The fraction of sp³-hybridized carbons (Fsp3) is 1.00. The molecule has 2 aliphatic carbocycles. The van der Waals surface area contributed by atoms with E-state index < -0.39 is 0 Å². The van der Waals surface area contributed by atoms with Gasteiger partial charge in [-0.25, -0.2) is 0 Å². The van der Waals surface area contributed by atoms with Crippen LogP contribution in [0.4, 0.5) is 0 Å². The van der Waals surface area contributed by atoms with Crippen LogP contribution in [0.1, 0.15) is 51.9 Å². The van der Waals surface area contributed by atoms with Crippen LogP contribution in [0.15, 0.2) is 0 Å². The fourth-order valence-electron chi connectivity index (χ4n) is 3.30. The van der Waals surface area contributed by atoms with E-state index in [1.54, 1.807) is 0 Å². The number of rotatable bonds is 3. The van der Waals surface area contributed by atoms with Crippen LogP contribution in [0.25, 0.3) is 0 Å². The lowest BCUT2D eigenvalue weighted by Crippen LogP contribution is -2.54. The van der Waals surface area contributed by atoms with E-state index in [-0.39, 0.29) is 5.54 Å². The summed E-state index contributed by atoms with van der Waals surface area (Å²) in [6.45, 7) is 3.46. The molecule has 2 heteroatoms. The molecule has 2 atom stereocenters. The predicted molar refractivity (Wildman–Crippen MR) is 64.8 cm³/mol. The summed E-state index contributed by atoms with van der Waals surface area (Å²) in [5.41, 5.74) is 6.64. The van der Waals surface area contributed by atoms with Gasteiger partial charge in [-0.15, -0.1) is 0 Å². The molecular weight excluding hydrogens is 184 g/mol. The maximum Gasteiger partial charge on any atom is 0.0285 e. The molecule has 0 aromatic rings. The summed E-state index contributed by atoms with van der Waals surface area (Å²) >= 11 is 0. The highest BCUT2D eigenvalue weighted by Crippen LogP contribution is 2.32. The van der Waals surface area contributed by atoms with Crippen molar-refractivity contribution in [3.63, 3.8) is 0 Å². The molecule has 2 nitrogen and oxygen atoms in total. The van der Waals surface area contributed by atoms with Gasteiger partial charge in [-0.2, -0.15) is 0 Å². The van der Waals surface area contributed by atoms with Crippen molar-refractivity contribution < 1.29 is 0 Å². The molecule has 2 saturated carbocycles. The van der Waals surface area contributed by atoms with Gasteiger partial charge in [0.05, 0.1) is 0 Å². The summed E-state index contributed by atoms with van der Waals surface area (Å²) in [7, 11) is 2.26. The molecule has 88 valence electrons. The molecule has 0 aliphatic heterocycles. The van der Waals surface area contributed by atoms with Crippen molar-refractivity contribution in [3.8, 4) is 0 Å². The number of likely N-dealkylation sites (N-methyl/N-ethyl adjacent to an activating group) is 1. The Balaban J connectivity index is 1.85. The van der Waals surface area contributed by atoms with Crippen LogP contribution in [-0.4, -0.2) is 30.1 Å². The second-order valence-corrected chi connectivity index (χ2v) is 6.06. The zero-order valence-electron chi connectivity index (χ0n) is 10.3. The number of hydrogen-bond donors (Lipinski definition) is 1. The number of nitrogens with two attached hydrogens (primary N) is 1. The Hall–Kier alpha value is -0.0800. The van der Waals surface area contributed by atoms with E-state index in [0.717, 1.165) is 18.5 Å². The first kappa shape index (κ1) is 11.4. The van der Waals surface area contributed by atoms with Gasteiger partial charge in [0, 0.05) is 18.1 Å². The maximum atomic E-state index is 6.53. The molecule has 0 amide bonds. The van der Waals surface area contributed by atoms with E-state index in [4.69, 9.17) is 5.73 Å². The molecule has 0 bridgehead atoms. The molecule has 0 aromatic carbocycles. The van der Waals surface area contributed by atoms with Crippen molar-refractivity contribution in [1.29, 1.82) is 0 Å². The third-order valence-corrected chi connectivity index (χ3v) is 4.39. The van der Waals surface area contributed by atoms with Gasteiger partial charge in [0.15, 0.2) is 0 Å². The van der Waals surface area contributed by atoms with E-state index in [1.807, 2.05) is 0 Å². The van der Waals surface area contributed by atoms with Gasteiger partial charge in [-0.3, -0.25) is 0 Å². The van der Waals surface area contributed by atoms with Crippen molar-refractivity contribution in [1.82, 2.24) is 4.90 Å². The minimum absolute atomic E-state index is 0.113. The first-order chi connectivity index (χ1) is 7.09. The van der Waals surface area contributed by atoms with Crippen LogP contribution in [0.5, 0.6) is 0 Å². The van der Waals surface area contributed by atoms with E-state index in [1.165, 1.54) is 44.9 Å². The van der Waals surface area contributed by atoms with Gasteiger partial charge in [-0.1, -0.05) is 26.2 Å². The van der Waals surface area contributed by atoms with Crippen LogP contribution >= 0.6 is 0 Å². The van der Waals surface area contributed by atoms with Gasteiger partial charge >= 0.3 is 0 Å². The minimum atomic E-state index is 0.113. The van der Waals surface area contributed by atoms with E-state index in [0.29, 0.717) is 0 Å². The first-order valence-corrected chi connectivity index (χ1v) is 6.58. The Labute approximate surface area is 94.2 Å². The second kappa shape index (κ2) is 4.42. The van der Waals surface area contributed by atoms with Gasteiger partial charge in [0.2, 0.25) is 0 Å². The lowest BCUT2D eigenvalue weighted by atomic mass is 9.76. The van der Waals surface area contributed by atoms with Gasteiger partial charge in [0.1, 0.15) is 0 Å².